The predicted octanol–water partition coefficient (Wildman–Crippen LogP) is 5.04. The van der Waals surface area contributed by atoms with Gasteiger partial charge in [0.2, 0.25) is 5.91 Å². The van der Waals surface area contributed by atoms with E-state index in [-0.39, 0.29) is 11.8 Å². The number of hydrogen-bond donors (Lipinski definition) is 0. The fourth-order valence-corrected chi connectivity index (χ4v) is 5.32. The third-order valence-corrected chi connectivity index (χ3v) is 7.40. The lowest BCUT2D eigenvalue weighted by Gasteiger charge is -2.35. The van der Waals surface area contributed by atoms with Crippen LogP contribution in [-0.4, -0.2) is 47.8 Å². The van der Waals surface area contributed by atoms with Gasteiger partial charge in [0.15, 0.2) is 0 Å². The Morgan fingerprint density at radius 2 is 1.54 bits per heavy atom. The van der Waals surface area contributed by atoms with Crippen LogP contribution in [0.25, 0.3) is 10.4 Å². The fourth-order valence-electron chi connectivity index (χ4n) is 4.08. The maximum atomic E-state index is 12.9. The summed E-state index contributed by atoms with van der Waals surface area (Å²) >= 11 is 5.00. The molecule has 4 rings (SSSR count). The number of rotatable bonds is 3. The number of nitrogens with zero attached hydrogens (tertiary/aromatic N) is 2. The van der Waals surface area contributed by atoms with Crippen molar-refractivity contribution >= 4 is 39.1 Å². The molecule has 4 nitrogen and oxygen atoms in total. The minimum atomic E-state index is 0.0869. The Morgan fingerprint density at radius 3 is 2.21 bits per heavy atom. The lowest BCUT2D eigenvalue weighted by Crippen LogP contribution is -2.45. The molecule has 3 heterocycles. The van der Waals surface area contributed by atoms with Crippen LogP contribution < -0.4 is 0 Å². The van der Waals surface area contributed by atoms with Crippen LogP contribution in [0.4, 0.5) is 0 Å². The third-order valence-electron chi connectivity index (χ3n) is 5.74. The van der Waals surface area contributed by atoms with Crippen molar-refractivity contribution in [2.45, 2.75) is 32.1 Å². The van der Waals surface area contributed by atoms with Gasteiger partial charge in [-0.2, -0.15) is 0 Å². The Kier molecular flexibility index (Phi) is 6.16. The highest BCUT2D eigenvalue weighted by Crippen LogP contribution is 2.31. The molecule has 1 aromatic carbocycles. The molecule has 2 aromatic rings. The lowest BCUT2D eigenvalue weighted by molar-refractivity contribution is -0.137. The Hall–Kier alpha value is -1.66. The van der Waals surface area contributed by atoms with Crippen LogP contribution in [0.1, 0.15) is 41.8 Å². The highest BCUT2D eigenvalue weighted by molar-refractivity contribution is 9.10. The zero-order chi connectivity index (χ0) is 19.5. The summed E-state index contributed by atoms with van der Waals surface area (Å²) in [4.78, 5) is 31.4. The van der Waals surface area contributed by atoms with Gasteiger partial charge in [0.25, 0.3) is 5.91 Å². The van der Waals surface area contributed by atoms with Crippen molar-refractivity contribution in [1.82, 2.24) is 9.80 Å². The summed E-state index contributed by atoms with van der Waals surface area (Å²) in [6, 6.07) is 12.1. The van der Waals surface area contributed by atoms with E-state index in [4.69, 9.17) is 0 Å². The molecule has 0 aliphatic carbocycles. The lowest BCUT2D eigenvalue weighted by atomic mass is 9.94. The molecule has 0 spiro atoms. The summed E-state index contributed by atoms with van der Waals surface area (Å²) in [7, 11) is 0. The van der Waals surface area contributed by atoms with Crippen LogP contribution in [0.2, 0.25) is 0 Å². The average Bonchev–Trinajstić information content (AvgIpc) is 3.24. The molecule has 2 aliphatic rings. The van der Waals surface area contributed by atoms with Crippen LogP contribution in [0.15, 0.2) is 40.9 Å². The van der Waals surface area contributed by atoms with Gasteiger partial charge in [-0.1, -0.05) is 28.1 Å². The summed E-state index contributed by atoms with van der Waals surface area (Å²) in [5.41, 5.74) is 1.12. The fraction of sp³-hybridized carbons (Fsp3) is 0.455. The first-order valence-corrected chi connectivity index (χ1v) is 11.7. The highest BCUT2D eigenvalue weighted by Gasteiger charge is 2.31. The summed E-state index contributed by atoms with van der Waals surface area (Å²) in [5, 5.41) is 0. The second kappa shape index (κ2) is 8.78. The molecule has 0 atom stereocenters. The molecule has 2 amide bonds. The molecule has 148 valence electrons. The van der Waals surface area contributed by atoms with Gasteiger partial charge >= 0.3 is 0 Å². The predicted molar refractivity (Wildman–Crippen MR) is 117 cm³/mol. The van der Waals surface area contributed by atoms with Crippen molar-refractivity contribution in [2.75, 3.05) is 26.2 Å². The Balaban J connectivity index is 1.35. The van der Waals surface area contributed by atoms with E-state index >= 15 is 0 Å². The van der Waals surface area contributed by atoms with Gasteiger partial charge in [-0.3, -0.25) is 9.59 Å². The number of piperidine rings is 2. The monoisotopic (exact) mass is 460 g/mol. The number of hydrogen-bond acceptors (Lipinski definition) is 3. The van der Waals surface area contributed by atoms with E-state index in [1.165, 1.54) is 6.42 Å². The average molecular weight is 461 g/mol. The van der Waals surface area contributed by atoms with E-state index in [0.717, 1.165) is 58.6 Å². The van der Waals surface area contributed by atoms with Crippen LogP contribution in [0.3, 0.4) is 0 Å². The molecule has 0 unspecified atom stereocenters. The van der Waals surface area contributed by atoms with Crippen LogP contribution in [0, 0.1) is 5.92 Å². The smallest absolute Gasteiger partial charge is 0.263 e. The summed E-state index contributed by atoms with van der Waals surface area (Å²) < 4.78 is 1.05. The van der Waals surface area contributed by atoms with Gasteiger partial charge in [0.05, 0.1) is 4.88 Å². The van der Waals surface area contributed by atoms with Gasteiger partial charge in [-0.15, -0.1) is 11.3 Å². The molecule has 6 heteroatoms. The maximum Gasteiger partial charge on any atom is 0.263 e. The van der Waals surface area contributed by atoms with Gasteiger partial charge < -0.3 is 9.80 Å². The van der Waals surface area contributed by atoms with Gasteiger partial charge in [-0.05, 0) is 61.9 Å². The zero-order valence-corrected chi connectivity index (χ0v) is 18.3. The summed E-state index contributed by atoms with van der Waals surface area (Å²) in [6.45, 7) is 3.17. The van der Waals surface area contributed by atoms with Gasteiger partial charge in [0, 0.05) is 41.4 Å². The van der Waals surface area contributed by atoms with Crippen LogP contribution in [0.5, 0.6) is 0 Å². The molecule has 0 bridgehead atoms. The summed E-state index contributed by atoms with van der Waals surface area (Å²) in [6.07, 6.45) is 5.06. The standard InChI is InChI=1S/C22H25BrN2O2S/c23-18-6-4-16(5-7-18)19-8-9-20(28-19)22(27)25-14-10-17(11-15-25)21(26)24-12-2-1-3-13-24/h4-9,17H,1-3,10-15H2. The van der Waals surface area contributed by atoms with Gasteiger partial charge in [-0.25, -0.2) is 0 Å². The van der Waals surface area contributed by atoms with E-state index in [1.807, 2.05) is 34.1 Å². The Morgan fingerprint density at radius 1 is 0.857 bits per heavy atom. The molecule has 0 N–H and O–H groups in total. The highest BCUT2D eigenvalue weighted by atomic mass is 79.9. The second-order valence-corrected chi connectivity index (χ2v) is 9.62. The summed E-state index contributed by atoms with van der Waals surface area (Å²) in [5.74, 6) is 0.487. The van der Waals surface area contributed by atoms with E-state index < -0.39 is 0 Å². The second-order valence-electron chi connectivity index (χ2n) is 7.62. The first-order chi connectivity index (χ1) is 13.6. The number of thiophene rings is 1. The largest absolute Gasteiger partial charge is 0.342 e. The number of halogens is 1. The van der Waals surface area contributed by atoms with Crippen LogP contribution >= 0.6 is 27.3 Å². The van der Waals surface area contributed by atoms with Crippen molar-refractivity contribution in [3.05, 3.63) is 45.7 Å². The molecule has 0 saturated carbocycles. The van der Waals surface area contributed by atoms with Crippen molar-refractivity contribution < 1.29 is 9.59 Å². The van der Waals surface area contributed by atoms with E-state index in [1.54, 1.807) is 11.3 Å². The third kappa shape index (κ3) is 4.33. The maximum absolute atomic E-state index is 12.9. The number of carbonyl (C=O) groups is 2. The Labute approximate surface area is 178 Å². The van der Waals surface area contributed by atoms with Crippen molar-refractivity contribution in [3.63, 3.8) is 0 Å². The molecule has 0 radical (unpaired) electrons. The van der Waals surface area contributed by atoms with E-state index in [9.17, 15) is 9.59 Å². The first-order valence-electron chi connectivity index (χ1n) is 10.1. The molecule has 28 heavy (non-hydrogen) atoms. The minimum absolute atomic E-state index is 0.0869. The first kappa shape index (κ1) is 19.6. The van der Waals surface area contributed by atoms with Crippen molar-refractivity contribution in [1.29, 1.82) is 0 Å². The molecule has 1 aromatic heterocycles. The molecule has 2 saturated heterocycles. The van der Waals surface area contributed by atoms with Crippen molar-refractivity contribution in [2.24, 2.45) is 5.92 Å². The number of benzene rings is 1. The Bertz CT molecular complexity index is 834. The van der Waals surface area contributed by atoms with Gasteiger partial charge in [0.1, 0.15) is 0 Å². The minimum Gasteiger partial charge on any atom is -0.342 e. The van der Waals surface area contributed by atoms with Crippen molar-refractivity contribution in [3.8, 4) is 10.4 Å². The quantitative estimate of drug-likeness (QED) is 0.643. The number of likely N-dealkylation sites (tertiary alicyclic amines) is 2. The molecular formula is C22H25BrN2O2S. The molecule has 2 aliphatic heterocycles. The zero-order valence-electron chi connectivity index (χ0n) is 15.9. The van der Waals surface area contributed by atoms with Crippen LogP contribution in [-0.2, 0) is 4.79 Å². The number of carbonyl (C=O) groups excluding carboxylic acids is 2. The SMILES string of the molecule is O=C(c1ccc(-c2ccc(Br)cc2)s1)N1CCC(C(=O)N2CCCCC2)CC1. The molecular weight excluding hydrogens is 436 g/mol. The number of amides is 2. The molecule has 2 fully saturated rings. The van der Waals surface area contributed by atoms with E-state index in [2.05, 4.69) is 28.1 Å². The topological polar surface area (TPSA) is 40.6 Å². The van der Waals surface area contributed by atoms with E-state index in [0.29, 0.717) is 19.0 Å². The normalized spacial score (nSPS) is 18.3.